The summed E-state index contributed by atoms with van der Waals surface area (Å²) in [6, 6.07) is 0. The maximum Gasteiger partial charge on any atom is 0.191 e. The summed E-state index contributed by atoms with van der Waals surface area (Å²) in [5.41, 5.74) is 5.87. The molecule has 16 heavy (non-hydrogen) atoms. The Hall–Kier alpha value is -0.380. The molecule has 96 valence electrons. The van der Waals surface area contributed by atoms with Gasteiger partial charge in [0, 0.05) is 19.6 Å². The van der Waals surface area contributed by atoms with Crippen molar-refractivity contribution < 1.29 is 0 Å². The molecule has 2 N–H and O–H groups in total. The first kappa shape index (κ1) is 15.6. The molecule has 0 aromatic rings. The number of hydrogen-bond donors (Lipinski definition) is 1. The van der Waals surface area contributed by atoms with Gasteiger partial charge in [0.15, 0.2) is 5.96 Å². The first-order chi connectivity index (χ1) is 7.61. The Morgan fingerprint density at radius 1 is 1.31 bits per heavy atom. The van der Waals surface area contributed by atoms with Crippen LogP contribution < -0.4 is 5.73 Å². The van der Waals surface area contributed by atoms with Crippen LogP contribution in [0.4, 0.5) is 0 Å². The minimum Gasteiger partial charge on any atom is -0.370 e. The zero-order valence-corrected chi connectivity index (χ0v) is 12.0. The lowest BCUT2D eigenvalue weighted by molar-refractivity contribution is 0.458. The van der Waals surface area contributed by atoms with E-state index >= 15 is 0 Å². The van der Waals surface area contributed by atoms with Crippen LogP contribution in [0.1, 0.15) is 34.1 Å². The van der Waals surface area contributed by atoms with Crippen LogP contribution in [0.15, 0.2) is 4.99 Å². The van der Waals surface area contributed by atoms with E-state index in [1.807, 2.05) is 11.8 Å². The SMILES string of the molecule is CCN(CC)C(N)=NCCCSCC(C)C. The van der Waals surface area contributed by atoms with Gasteiger partial charge in [-0.05, 0) is 37.7 Å². The predicted molar refractivity (Wildman–Crippen MR) is 76.2 cm³/mol. The van der Waals surface area contributed by atoms with Gasteiger partial charge in [-0.15, -0.1) is 0 Å². The maximum atomic E-state index is 5.87. The predicted octanol–water partition coefficient (Wildman–Crippen LogP) is 2.42. The summed E-state index contributed by atoms with van der Waals surface area (Å²) in [4.78, 5) is 6.47. The Labute approximate surface area is 105 Å². The minimum atomic E-state index is 0.693. The number of rotatable bonds is 8. The first-order valence-corrected chi connectivity index (χ1v) is 7.39. The molecular formula is C12H27N3S. The van der Waals surface area contributed by atoms with Crippen molar-refractivity contribution in [1.29, 1.82) is 0 Å². The molecule has 0 radical (unpaired) electrons. The molecular weight excluding hydrogens is 218 g/mol. The van der Waals surface area contributed by atoms with Crippen LogP contribution in [-0.4, -0.2) is 42.0 Å². The molecule has 0 aromatic heterocycles. The summed E-state index contributed by atoms with van der Waals surface area (Å²) in [5.74, 6) is 3.91. The average molecular weight is 245 g/mol. The standard InChI is InChI=1S/C12H27N3S/c1-5-15(6-2)12(13)14-8-7-9-16-10-11(3)4/h11H,5-10H2,1-4H3,(H2,13,14). The third-order valence-corrected chi connectivity index (χ3v) is 3.74. The number of aliphatic imine (C=N–C) groups is 1. The second-order valence-corrected chi connectivity index (χ2v) is 5.38. The largest absolute Gasteiger partial charge is 0.370 e. The summed E-state index contributed by atoms with van der Waals surface area (Å²) in [7, 11) is 0. The molecule has 0 aromatic carbocycles. The topological polar surface area (TPSA) is 41.6 Å². The van der Waals surface area contributed by atoms with Gasteiger partial charge < -0.3 is 10.6 Å². The molecule has 3 nitrogen and oxygen atoms in total. The molecule has 0 spiro atoms. The van der Waals surface area contributed by atoms with E-state index in [-0.39, 0.29) is 0 Å². The fourth-order valence-electron chi connectivity index (χ4n) is 1.33. The van der Waals surface area contributed by atoms with E-state index in [2.05, 4.69) is 37.6 Å². The lowest BCUT2D eigenvalue weighted by Crippen LogP contribution is -2.37. The van der Waals surface area contributed by atoms with Gasteiger partial charge in [0.1, 0.15) is 0 Å². The van der Waals surface area contributed by atoms with Gasteiger partial charge in [0.2, 0.25) is 0 Å². The highest BCUT2D eigenvalue weighted by Crippen LogP contribution is 2.08. The van der Waals surface area contributed by atoms with E-state index in [0.717, 1.165) is 32.0 Å². The summed E-state index contributed by atoms with van der Waals surface area (Å²) >= 11 is 2.01. The van der Waals surface area contributed by atoms with Crippen molar-refractivity contribution in [2.24, 2.45) is 16.6 Å². The molecule has 4 heteroatoms. The molecule has 0 fully saturated rings. The molecule has 0 aliphatic heterocycles. The van der Waals surface area contributed by atoms with Crippen LogP contribution >= 0.6 is 11.8 Å². The van der Waals surface area contributed by atoms with Gasteiger partial charge in [-0.1, -0.05) is 13.8 Å². The van der Waals surface area contributed by atoms with Crippen molar-refractivity contribution in [1.82, 2.24) is 4.90 Å². The van der Waals surface area contributed by atoms with Crippen LogP contribution in [-0.2, 0) is 0 Å². The van der Waals surface area contributed by atoms with Crippen molar-refractivity contribution in [2.45, 2.75) is 34.1 Å². The van der Waals surface area contributed by atoms with Gasteiger partial charge in [-0.3, -0.25) is 4.99 Å². The number of nitrogens with zero attached hydrogens (tertiary/aromatic N) is 2. The monoisotopic (exact) mass is 245 g/mol. The molecule has 0 aliphatic carbocycles. The Morgan fingerprint density at radius 3 is 2.44 bits per heavy atom. The zero-order chi connectivity index (χ0) is 12.4. The quantitative estimate of drug-likeness (QED) is 0.406. The fraction of sp³-hybridized carbons (Fsp3) is 0.917. The van der Waals surface area contributed by atoms with Crippen molar-refractivity contribution in [3.63, 3.8) is 0 Å². The first-order valence-electron chi connectivity index (χ1n) is 6.24. The molecule has 0 atom stereocenters. The van der Waals surface area contributed by atoms with Crippen molar-refractivity contribution >= 4 is 17.7 Å². The third-order valence-electron chi connectivity index (χ3n) is 2.26. The summed E-state index contributed by atoms with van der Waals surface area (Å²) in [6.07, 6.45) is 1.12. The average Bonchev–Trinajstić information content (AvgIpc) is 2.24. The Balaban J connectivity index is 3.58. The normalized spacial score (nSPS) is 12.2. The Kier molecular flexibility index (Phi) is 9.59. The highest BCUT2D eigenvalue weighted by Gasteiger charge is 2.00. The van der Waals surface area contributed by atoms with E-state index < -0.39 is 0 Å². The number of nitrogens with two attached hydrogens (primary N) is 1. The van der Waals surface area contributed by atoms with Gasteiger partial charge >= 0.3 is 0 Å². The molecule has 0 amide bonds. The maximum absolute atomic E-state index is 5.87. The van der Waals surface area contributed by atoms with Crippen molar-refractivity contribution in [3.05, 3.63) is 0 Å². The molecule has 0 rings (SSSR count). The van der Waals surface area contributed by atoms with Gasteiger partial charge in [-0.25, -0.2) is 0 Å². The van der Waals surface area contributed by atoms with Gasteiger partial charge in [0.25, 0.3) is 0 Å². The second kappa shape index (κ2) is 9.82. The summed E-state index contributed by atoms with van der Waals surface area (Å²) in [6.45, 7) is 11.4. The van der Waals surface area contributed by atoms with E-state index in [4.69, 9.17) is 5.73 Å². The van der Waals surface area contributed by atoms with Crippen LogP contribution in [0, 0.1) is 5.92 Å². The van der Waals surface area contributed by atoms with Crippen LogP contribution in [0.2, 0.25) is 0 Å². The van der Waals surface area contributed by atoms with E-state index in [9.17, 15) is 0 Å². The molecule has 0 unspecified atom stereocenters. The lowest BCUT2D eigenvalue weighted by Gasteiger charge is -2.19. The smallest absolute Gasteiger partial charge is 0.191 e. The summed E-state index contributed by atoms with van der Waals surface area (Å²) in [5, 5.41) is 0. The number of hydrogen-bond acceptors (Lipinski definition) is 2. The molecule has 0 saturated heterocycles. The highest BCUT2D eigenvalue weighted by molar-refractivity contribution is 7.99. The minimum absolute atomic E-state index is 0.693. The van der Waals surface area contributed by atoms with E-state index in [0.29, 0.717) is 5.96 Å². The Bertz CT molecular complexity index is 189. The van der Waals surface area contributed by atoms with Crippen molar-refractivity contribution in [3.8, 4) is 0 Å². The van der Waals surface area contributed by atoms with Crippen LogP contribution in [0.5, 0.6) is 0 Å². The molecule has 0 heterocycles. The van der Waals surface area contributed by atoms with Crippen LogP contribution in [0.3, 0.4) is 0 Å². The van der Waals surface area contributed by atoms with E-state index in [1.54, 1.807) is 0 Å². The van der Waals surface area contributed by atoms with Gasteiger partial charge in [-0.2, -0.15) is 11.8 Å². The number of guanidine groups is 1. The fourth-order valence-corrected chi connectivity index (χ4v) is 2.30. The summed E-state index contributed by atoms with van der Waals surface area (Å²) < 4.78 is 0. The molecule has 0 bridgehead atoms. The second-order valence-electron chi connectivity index (χ2n) is 4.23. The van der Waals surface area contributed by atoms with Crippen molar-refractivity contribution in [2.75, 3.05) is 31.1 Å². The van der Waals surface area contributed by atoms with Crippen LogP contribution in [0.25, 0.3) is 0 Å². The highest BCUT2D eigenvalue weighted by atomic mass is 32.2. The number of thioether (sulfide) groups is 1. The zero-order valence-electron chi connectivity index (χ0n) is 11.2. The lowest BCUT2D eigenvalue weighted by atomic mass is 10.3. The third kappa shape index (κ3) is 7.85. The molecule has 0 aliphatic rings. The van der Waals surface area contributed by atoms with Gasteiger partial charge in [0.05, 0.1) is 0 Å². The Morgan fingerprint density at radius 2 is 1.94 bits per heavy atom. The van der Waals surface area contributed by atoms with E-state index in [1.165, 1.54) is 11.5 Å². The molecule has 0 saturated carbocycles.